The maximum Gasteiger partial charge on any atom is 0.195 e. The van der Waals surface area contributed by atoms with Crippen LogP contribution in [0.4, 0.5) is 15.8 Å². The lowest BCUT2D eigenvalue weighted by Gasteiger charge is -2.08. The van der Waals surface area contributed by atoms with E-state index in [1.165, 1.54) is 18.2 Å². The number of carbonyl (C=O) groups is 1. The maximum absolute atomic E-state index is 13.6. The summed E-state index contributed by atoms with van der Waals surface area (Å²) in [6.07, 6.45) is 0. The summed E-state index contributed by atoms with van der Waals surface area (Å²) in [5.41, 5.74) is 13.9. The maximum atomic E-state index is 13.6. The second-order valence-electron chi connectivity index (χ2n) is 4.60. The van der Waals surface area contributed by atoms with Gasteiger partial charge in [0, 0.05) is 22.5 Å². The van der Waals surface area contributed by atoms with E-state index in [0.717, 1.165) is 0 Å². The fraction of sp³-hybridized carbons (Fsp3) is 0.133. The smallest absolute Gasteiger partial charge is 0.195 e. The molecule has 4 N–H and O–H groups in total. The van der Waals surface area contributed by atoms with Gasteiger partial charge < -0.3 is 11.5 Å². The summed E-state index contributed by atoms with van der Waals surface area (Å²) in [5.74, 6) is -0.523. The highest BCUT2D eigenvalue weighted by Gasteiger charge is 2.15. The molecule has 0 aliphatic heterocycles. The summed E-state index contributed by atoms with van der Waals surface area (Å²) in [5, 5.41) is 0. The minimum atomic E-state index is -0.290. The van der Waals surface area contributed by atoms with Gasteiger partial charge in [0.2, 0.25) is 0 Å². The van der Waals surface area contributed by atoms with E-state index >= 15 is 0 Å². The largest absolute Gasteiger partial charge is 0.399 e. The molecule has 3 nitrogen and oxygen atoms in total. The number of nitrogens with two attached hydrogens (primary N) is 2. The van der Waals surface area contributed by atoms with E-state index in [9.17, 15) is 9.18 Å². The first-order chi connectivity index (χ1) is 8.90. The molecule has 0 aliphatic carbocycles. The van der Waals surface area contributed by atoms with E-state index in [4.69, 9.17) is 11.5 Å². The molecule has 98 valence electrons. The second-order valence-corrected chi connectivity index (χ2v) is 4.60. The molecule has 0 heterocycles. The number of anilines is 2. The van der Waals surface area contributed by atoms with Crippen molar-refractivity contribution >= 4 is 17.2 Å². The lowest BCUT2D eigenvalue weighted by atomic mass is 9.98. The minimum Gasteiger partial charge on any atom is -0.399 e. The highest BCUT2D eigenvalue weighted by molar-refractivity contribution is 6.12. The van der Waals surface area contributed by atoms with Crippen LogP contribution in [0.2, 0.25) is 0 Å². The van der Waals surface area contributed by atoms with Crippen molar-refractivity contribution < 1.29 is 9.18 Å². The Hall–Kier alpha value is -2.36. The van der Waals surface area contributed by atoms with Crippen LogP contribution in [0.3, 0.4) is 0 Å². The molecule has 2 aromatic rings. The van der Waals surface area contributed by atoms with Crippen molar-refractivity contribution in [2.24, 2.45) is 0 Å². The molecule has 0 radical (unpaired) electrons. The Morgan fingerprint density at radius 2 is 1.63 bits per heavy atom. The number of carbonyl (C=O) groups excluding carboxylic acids is 1. The minimum absolute atomic E-state index is 0.233. The number of aryl methyl sites for hydroxylation is 2. The summed E-state index contributed by atoms with van der Waals surface area (Å²) in [4.78, 5) is 12.4. The normalized spacial score (nSPS) is 10.5. The molecule has 0 fully saturated rings. The van der Waals surface area contributed by atoms with Crippen LogP contribution in [0.15, 0.2) is 30.3 Å². The van der Waals surface area contributed by atoms with E-state index in [-0.39, 0.29) is 11.6 Å². The summed E-state index contributed by atoms with van der Waals surface area (Å²) >= 11 is 0. The first kappa shape index (κ1) is 13.1. The van der Waals surface area contributed by atoms with Crippen molar-refractivity contribution in [1.82, 2.24) is 0 Å². The number of halogens is 1. The Labute approximate surface area is 111 Å². The number of rotatable bonds is 2. The molecule has 2 aromatic carbocycles. The Morgan fingerprint density at radius 1 is 1.05 bits per heavy atom. The van der Waals surface area contributed by atoms with Gasteiger partial charge in [-0.1, -0.05) is 0 Å². The summed E-state index contributed by atoms with van der Waals surface area (Å²) < 4.78 is 13.6. The van der Waals surface area contributed by atoms with Crippen LogP contribution < -0.4 is 11.5 Å². The summed E-state index contributed by atoms with van der Waals surface area (Å²) in [7, 11) is 0. The van der Waals surface area contributed by atoms with E-state index in [0.29, 0.717) is 33.6 Å². The van der Waals surface area contributed by atoms with Crippen LogP contribution in [0.25, 0.3) is 0 Å². The fourth-order valence-electron chi connectivity index (χ4n) is 2.02. The summed E-state index contributed by atoms with van der Waals surface area (Å²) in [6, 6.07) is 7.80. The van der Waals surface area contributed by atoms with Crippen LogP contribution in [0, 0.1) is 19.7 Å². The number of hydrogen-bond acceptors (Lipinski definition) is 3. The molecule has 0 unspecified atom stereocenters. The highest BCUT2D eigenvalue weighted by atomic mass is 19.1. The van der Waals surface area contributed by atoms with E-state index in [1.54, 1.807) is 26.0 Å². The van der Waals surface area contributed by atoms with E-state index < -0.39 is 0 Å². The number of hydrogen-bond donors (Lipinski definition) is 2. The molecule has 0 saturated heterocycles. The van der Waals surface area contributed by atoms with Gasteiger partial charge in [0.15, 0.2) is 5.78 Å². The third-order valence-electron chi connectivity index (χ3n) is 3.02. The molecule has 0 aliphatic rings. The van der Waals surface area contributed by atoms with Crippen molar-refractivity contribution in [3.05, 3.63) is 58.4 Å². The zero-order valence-corrected chi connectivity index (χ0v) is 10.8. The van der Waals surface area contributed by atoms with Gasteiger partial charge in [0.1, 0.15) is 5.82 Å². The lowest BCUT2D eigenvalue weighted by molar-refractivity contribution is 0.103. The third kappa shape index (κ3) is 2.42. The lowest BCUT2D eigenvalue weighted by Crippen LogP contribution is -2.07. The third-order valence-corrected chi connectivity index (χ3v) is 3.02. The van der Waals surface area contributed by atoms with Gasteiger partial charge in [0.05, 0.1) is 0 Å². The topological polar surface area (TPSA) is 69.1 Å². The van der Waals surface area contributed by atoms with Crippen LogP contribution in [-0.2, 0) is 0 Å². The zero-order valence-electron chi connectivity index (χ0n) is 10.8. The van der Waals surface area contributed by atoms with Crippen molar-refractivity contribution in [1.29, 1.82) is 0 Å². The molecule has 19 heavy (non-hydrogen) atoms. The van der Waals surface area contributed by atoms with Gasteiger partial charge in [0.25, 0.3) is 0 Å². The zero-order chi connectivity index (χ0) is 14.2. The van der Waals surface area contributed by atoms with Crippen LogP contribution in [0.5, 0.6) is 0 Å². The first-order valence-electron chi connectivity index (χ1n) is 5.86. The SMILES string of the molecule is Cc1cc(C(=O)c2ccc(N)cc2N)cc(C)c1F. The molecule has 0 amide bonds. The van der Waals surface area contributed by atoms with Crippen LogP contribution in [-0.4, -0.2) is 5.78 Å². The Balaban J connectivity index is 2.50. The fourth-order valence-corrected chi connectivity index (χ4v) is 2.02. The number of nitrogen functional groups attached to an aromatic ring is 2. The number of benzene rings is 2. The quantitative estimate of drug-likeness (QED) is 0.643. The van der Waals surface area contributed by atoms with Gasteiger partial charge >= 0.3 is 0 Å². The van der Waals surface area contributed by atoms with Gasteiger partial charge in [-0.25, -0.2) is 4.39 Å². The second kappa shape index (κ2) is 4.72. The average Bonchev–Trinajstić information content (AvgIpc) is 2.34. The Kier molecular flexibility index (Phi) is 3.25. The van der Waals surface area contributed by atoms with Crippen molar-refractivity contribution in [2.75, 3.05) is 11.5 Å². The van der Waals surface area contributed by atoms with Crippen LogP contribution in [0.1, 0.15) is 27.0 Å². The van der Waals surface area contributed by atoms with Crippen molar-refractivity contribution in [3.63, 3.8) is 0 Å². The van der Waals surface area contributed by atoms with E-state index in [1.807, 2.05) is 0 Å². The molecule has 0 aromatic heterocycles. The van der Waals surface area contributed by atoms with Gasteiger partial charge in [-0.15, -0.1) is 0 Å². The van der Waals surface area contributed by atoms with Gasteiger partial charge in [-0.2, -0.15) is 0 Å². The molecule has 0 saturated carbocycles. The molecular weight excluding hydrogens is 243 g/mol. The Bertz CT molecular complexity index is 642. The summed E-state index contributed by atoms with van der Waals surface area (Å²) in [6.45, 7) is 3.26. The molecule has 2 rings (SSSR count). The predicted octanol–water partition coefficient (Wildman–Crippen LogP) is 2.84. The van der Waals surface area contributed by atoms with Crippen molar-refractivity contribution in [2.45, 2.75) is 13.8 Å². The highest BCUT2D eigenvalue weighted by Crippen LogP contribution is 2.22. The van der Waals surface area contributed by atoms with E-state index in [2.05, 4.69) is 0 Å². The molecular formula is C15H15FN2O. The molecule has 0 spiro atoms. The van der Waals surface area contributed by atoms with Gasteiger partial charge in [-0.3, -0.25) is 4.79 Å². The van der Waals surface area contributed by atoms with Crippen LogP contribution >= 0.6 is 0 Å². The molecule has 0 atom stereocenters. The molecule has 4 heteroatoms. The predicted molar refractivity (Wildman–Crippen MR) is 74.6 cm³/mol. The number of ketones is 1. The van der Waals surface area contributed by atoms with Crippen molar-refractivity contribution in [3.8, 4) is 0 Å². The Morgan fingerprint density at radius 3 is 2.16 bits per heavy atom. The monoisotopic (exact) mass is 258 g/mol. The molecule has 0 bridgehead atoms. The first-order valence-corrected chi connectivity index (χ1v) is 5.86. The average molecular weight is 258 g/mol. The standard InChI is InChI=1S/C15H15FN2O/c1-8-5-10(6-9(2)14(8)16)15(19)12-4-3-11(17)7-13(12)18/h3-7H,17-18H2,1-2H3. The van der Waals surface area contributed by atoms with Gasteiger partial charge in [-0.05, 0) is 55.3 Å².